The lowest BCUT2D eigenvalue weighted by atomic mass is 9.91. The second-order valence-corrected chi connectivity index (χ2v) is 6.75. The van der Waals surface area contributed by atoms with E-state index >= 15 is 0 Å². The SMILES string of the molecule is Cc1cccc(CN2CCCCC2CC(N)C(C)C)c1. The minimum absolute atomic E-state index is 0.332. The molecule has 2 nitrogen and oxygen atoms in total. The van der Waals surface area contributed by atoms with Crippen molar-refractivity contribution in [1.82, 2.24) is 4.90 Å². The molecule has 2 rings (SSSR count). The molecule has 1 aliphatic rings. The number of nitrogens with zero attached hydrogens (tertiary/aromatic N) is 1. The number of hydrogen-bond donors (Lipinski definition) is 1. The van der Waals surface area contributed by atoms with Crippen molar-refractivity contribution in [2.24, 2.45) is 11.7 Å². The van der Waals surface area contributed by atoms with Crippen molar-refractivity contribution >= 4 is 0 Å². The van der Waals surface area contributed by atoms with Gasteiger partial charge in [0.15, 0.2) is 0 Å². The van der Waals surface area contributed by atoms with E-state index in [1.54, 1.807) is 0 Å². The Hall–Kier alpha value is -0.860. The van der Waals surface area contributed by atoms with Crippen LogP contribution >= 0.6 is 0 Å². The molecule has 1 saturated heterocycles. The lowest BCUT2D eigenvalue weighted by molar-refractivity contribution is 0.121. The summed E-state index contributed by atoms with van der Waals surface area (Å²) in [6.45, 7) is 8.95. The van der Waals surface area contributed by atoms with Crippen LogP contribution in [0.25, 0.3) is 0 Å². The van der Waals surface area contributed by atoms with E-state index in [1.807, 2.05) is 0 Å². The number of nitrogens with two attached hydrogens (primary N) is 1. The lowest BCUT2D eigenvalue weighted by Crippen LogP contribution is -2.43. The van der Waals surface area contributed by atoms with Gasteiger partial charge >= 0.3 is 0 Å². The Morgan fingerprint density at radius 2 is 2.10 bits per heavy atom. The van der Waals surface area contributed by atoms with Crippen LogP contribution in [0, 0.1) is 12.8 Å². The molecule has 2 N–H and O–H groups in total. The first-order valence-electron chi connectivity index (χ1n) is 8.11. The highest BCUT2D eigenvalue weighted by atomic mass is 15.2. The summed E-state index contributed by atoms with van der Waals surface area (Å²) < 4.78 is 0. The fraction of sp³-hybridized carbons (Fsp3) is 0.667. The Bertz CT molecular complexity index is 414. The number of rotatable bonds is 5. The van der Waals surface area contributed by atoms with Crippen LogP contribution in [0.15, 0.2) is 24.3 Å². The molecule has 0 aliphatic carbocycles. The minimum Gasteiger partial charge on any atom is -0.327 e. The maximum Gasteiger partial charge on any atom is 0.0236 e. The predicted octanol–water partition coefficient (Wildman–Crippen LogP) is 3.72. The van der Waals surface area contributed by atoms with E-state index in [1.165, 1.54) is 36.9 Å². The summed E-state index contributed by atoms with van der Waals surface area (Å²) in [6.07, 6.45) is 5.15. The molecule has 0 radical (unpaired) electrons. The van der Waals surface area contributed by atoms with Crippen molar-refractivity contribution in [1.29, 1.82) is 0 Å². The van der Waals surface area contributed by atoms with Crippen LogP contribution < -0.4 is 5.73 Å². The molecule has 20 heavy (non-hydrogen) atoms. The fourth-order valence-corrected chi connectivity index (χ4v) is 3.17. The van der Waals surface area contributed by atoms with Crippen molar-refractivity contribution in [3.05, 3.63) is 35.4 Å². The summed E-state index contributed by atoms with van der Waals surface area (Å²) in [7, 11) is 0. The Balaban J connectivity index is 1.99. The van der Waals surface area contributed by atoms with Gasteiger partial charge in [0, 0.05) is 18.6 Å². The van der Waals surface area contributed by atoms with Crippen molar-refractivity contribution in [2.75, 3.05) is 6.54 Å². The molecular formula is C18H30N2. The van der Waals surface area contributed by atoms with Crippen LogP contribution in [0.5, 0.6) is 0 Å². The maximum absolute atomic E-state index is 6.30. The van der Waals surface area contributed by atoms with E-state index in [-0.39, 0.29) is 0 Å². The monoisotopic (exact) mass is 274 g/mol. The van der Waals surface area contributed by atoms with Gasteiger partial charge < -0.3 is 5.73 Å². The Morgan fingerprint density at radius 1 is 1.30 bits per heavy atom. The molecule has 0 saturated carbocycles. The van der Waals surface area contributed by atoms with Gasteiger partial charge in [-0.15, -0.1) is 0 Å². The van der Waals surface area contributed by atoms with Crippen LogP contribution in [0.3, 0.4) is 0 Å². The van der Waals surface area contributed by atoms with Crippen molar-refractivity contribution in [3.8, 4) is 0 Å². The first kappa shape index (κ1) is 15.5. The second kappa shape index (κ2) is 7.24. The molecule has 2 unspecified atom stereocenters. The number of likely N-dealkylation sites (tertiary alicyclic amines) is 1. The third kappa shape index (κ3) is 4.32. The topological polar surface area (TPSA) is 29.3 Å². The highest BCUT2D eigenvalue weighted by molar-refractivity contribution is 5.22. The minimum atomic E-state index is 0.332. The normalized spacial score (nSPS) is 22.1. The van der Waals surface area contributed by atoms with E-state index < -0.39 is 0 Å². The first-order chi connectivity index (χ1) is 9.56. The molecule has 0 aromatic heterocycles. The van der Waals surface area contributed by atoms with Crippen LogP contribution in [0.4, 0.5) is 0 Å². The van der Waals surface area contributed by atoms with Gasteiger partial charge in [-0.1, -0.05) is 50.1 Å². The standard InChI is InChI=1S/C18H30N2/c1-14(2)18(19)12-17-9-4-5-10-20(17)13-16-8-6-7-15(3)11-16/h6-8,11,14,17-18H,4-5,9-10,12-13,19H2,1-3H3. The van der Waals surface area contributed by atoms with Crippen LogP contribution in [-0.4, -0.2) is 23.5 Å². The number of hydrogen-bond acceptors (Lipinski definition) is 2. The van der Waals surface area contributed by atoms with Crippen LogP contribution in [-0.2, 0) is 6.54 Å². The molecule has 112 valence electrons. The molecule has 1 fully saturated rings. The van der Waals surface area contributed by atoms with Gasteiger partial charge in [0.25, 0.3) is 0 Å². The highest BCUT2D eigenvalue weighted by Gasteiger charge is 2.25. The van der Waals surface area contributed by atoms with Gasteiger partial charge in [0.2, 0.25) is 0 Å². The number of benzene rings is 1. The van der Waals surface area contributed by atoms with E-state index in [0.29, 0.717) is 18.0 Å². The third-order valence-electron chi connectivity index (χ3n) is 4.62. The maximum atomic E-state index is 6.30. The Labute approximate surface area is 124 Å². The zero-order valence-electron chi connectivity index (χ0n) is 13.3. The molecule has 1 aromatic rings. The van der Waals surface area contributed by atoms with Crippen molar-refractivity contribution < 1.29 is 0 Å². The van der Waals surface area contributed by atoms with E-state index in [0.717, 1.165) is 13.0 Å². The van der Waals surface area contributed by atoms with Gasteiger partial charge in [-0.2, -0.15) is 0 Å². The summed E-state index contributed by atoms with van der Waals surface area (Å²) in [4.78, 5) is 2.65. The van der Waals surface area contributed by atoms with Gasteiger partial charge in [-0.3, -0.25) is 4.90 Å². The van der Waals surface area contributed by atoms with Gasteiger partial charge in [-0.25, -0.2) is 0 Å². The zero-order chi connectivity index (χ0) is 14.5. The summed E-state index contributed by atoms with van der Waals surface area (Å²) >= 11 is 0. The Kier molecular flexibility index (Phi) is 5.62. The largest absolute Gasteiger partial charge is 0.327 e. The van der Waals surface area contributed by atoms with Gasteiger partial charge in [0.05, 0.1) is 0 Å². The average molecular weight is 274 g/mol. The third-order valence-corrected chi connectivity index (χ3v) is 4.62. The van der Waals surface area contributed by atoms with Gasteiger partial charge in [0.1, 0.15) is 0 Å². The summed E-state index contributed by atoms with van der Waals surface area (Å²) in [6, 6.07) is 9.91. The summed E-state index contributed by atoms with van der Waals surface area (Å²) in [5, 5.41) is 0. The number of piperidine rings is 1. The van der Waals surface area contributed by atoms with E-state index in [2.05, 4.69) is 49.9 Å². The molecule has 2 atom stereocenters. The quantitative estimate of drug-likeness (QED) is 0.886. The molecule has 1 aromatic carbocycles. The predicted molar refractivity (Wildman–Crippen MR) is 86.7 cm³/mol. The molecule has 0 spiro atoms. The summed E-state index contributed by atoms with van der Waals surface area (Å²) in [5.41, 5.74) is 9.10. The van der Waals surface area contributed by atoms with Crippen LogP contribution in [0.2, 0.25) is 0 Å². The molecular weight excluding hydrogens is 244 g/mol. The molecule has 2 heteroatoms. The fourth-order valence-electron chi connectivity index (χ4n) is 3.17. The molecule has 0 amide bonds. The first-order valence-corrected chi connectivity index (χ1v) is 8.11. The van der Waals surface area contributed by atoms with Gasteiger partial charge in [-0.05, 0) is 44.2 Å². The van der Waals surface area contributed by atoms with E-state index in [4.69, 9.17) is 5.73 Å². The van der Waals surface area contributed by atoms with E-state index in [9.17, 15) is 0 Å². The second-order valence-electron chi connectivity index (χ2n) is 6.75. The lowest BCUT2D eigenvalue weighted by Gasteiger charge is -2.37. The number of aryl methyl sites for hydroxylation is 1. The van der Waals surface area contributed by atoms with Crippen LogP contribution in [0.1, 0.15) is 50.7 Å². The smallest absolute Gasteiger partial charge is 0.0236 e. The molecule has 0 bridgehead atoms. The van der Waals surface area contributed by atoms with Crippen molar-refractivity contribution in [3.63, 3.8) is 0 Å². The van der Waals surface area contributed by atoms with Crippen molar-refractivity contribution in [2.45, 2.75) is 65.1 Å². The zero-order valence-corrected chi connectivity index (χ0v) is 13.3. The summed E-state index contributed by atoms with van der Waals surface area (Å²) in [5.74, 6) is 0.581. The molecule has 1 heterocycles. The average Bonchev–Trinajstić information content (AvgIpc) is 2.41. The Morgan fingerprint density at radius 3 is 2.80 bits per heavy atom. The molecule has 1 aliphatic heterocycles. The highest BCUT2D eigenvalue weighted by Crippen LogP contribution is 2.24.